The Morgan fingerprint density at radius 2 is 1.77 bits per heavy atom. The molecule has 1 atom stereocenters. The van der Waals surface area contributed by atoms with E-state index in [4.69, 9.17) is 4.74 Å². The molecule has 2 heterocycles. The van der Waals surface area contributed by atoms with Gasteiger partial charge in [0.15, 0.2) is 0 Å². The first-order chi connectivity index (χ1) is 11.9. The maximum absolute atomic E-state index is 12.7. The molecule has 1 amide bonds. The Hall–Kier alpha value is -2.06. The van der Waals surface area contributed by atoms with Gasteiger partial charge in [0.2, 0.25) is 5.95 Å². The molecule has 0 N–H and O–H groups in total. The summed E-state index contributed by atoms with van der Waals surface area (Å²) in [7, 11) is 0. The Labute approximate surface area is 151 Å². The first-order valence-corrected chi connectivity index (χ1v) is 8.52. The number of aromatic nitrogens is 2. The zero-order valence-corrected chi connectivity index (χ0v) is 15.7. The van der Waals surface area contributed by atoms with E-state index < -0.39 is 17.3 Å². The highest BCUT2D eigenvalue weighted by molar-refractivity contribution is 5.69. The van der Waals surface area contributed by atoms with Crippen LogP contribution < -0.4 is 4.90 Å². The first-order valence-electron chi connectivity index (χ1n) is 8.52. The topological polar surface area (TPSA) is 58.6 Å². The zero-order chi connectivity index (χ0) is 19.7. The monoisotopic (exact) mass is 374 g/mol. The largest absolute Gasteiger partial charge is 0.444 e. The Morgan fingerprint density at radius 3 is 2.23 bits per heavy atom. The lowest BCUT2D eigenvalue weighted by atomic mass is 10.00. The molecule has 2 rings (SSSR count). The lowest BCUT2D eigenvalue weighted by Crippen LogP contribution is -2.58. The molecule has 6 nitrogen and oxygen atoms in total. The number of hydrogen-bond acceptors (Lipinski definition) is 5. The zero-order valence-electron chi connectivity index (χ0n) is 15.7. The number of halogens is 3. The van der Waals surface area contributed by atoms with Gasteiger partial charge in [-0.3, -0.25) is 0 Å². The van der Waals surface area contributed by atoms with Gasteiger partial charge in [0.25, 0.3) is 0 Å². The number of carbonyl (C=O) groups is 1. The highest BCUT2D eigenvalue weighted by Crippen LogP contribution is 2.29. The van der Waals surface area contributed by atoms with Crippen LogP contribution in [-0.4, -0.2) is 52.2 Å². The molecular weight excluding hydrogens is 349 g/mol. The molecule has 0 unspecified atom stereocenters. The van der Waals surface area contributed by atoms with E-state index in [1.54, 1.807) is 9.80 Å². The van der Waals surface area contributed by atoms with Crippen molar-refractivity contribution < 1.29 is 22.7 Å². The summed E-state index contributed by atoms with van der Waals surface area (Å²) < 4.78 is 43.4. The molecule has 0 aliphatic carbocycles. The molecule has 1 saturated heterocycles. The van der Waals surface area contributed by atoms with Gasteiger partial charge < -0.3 is 14.5 Å². The molecule has 0 saturated carbocycles. The molecule has 1 fully saturated rings. The second kappa shape index (κ2) is 7.28. The van der Waals surface area contributed by atoms with Gasteiger partial charge in [-0.25, -0.2) is 14.8 Å². The van der Waals surface area contributed by atoms with E-state index in [9.17, 15) is 18.0 Å². The van der Waals surface area contributed by atoms with Crippen molar-refractivity contribution >= 4 is 12.0 Å². The van der Waals surface area contributed by atoms with Crippen molar-refractivity contribution in [1.82, 2.24) is 14.9 Å². The van der Waals surface area contributed by atoms with Crippen LogP contribution in [0.4, 0.5) is 23.9 Å². The Morgan fingerprint density at radius 1 is 1.19 bits per heavy atom. The van der Waals surface area contributed by atoms with Crippen molar-refractivity contribution in [1.29, 1.82) is 0 Å². The Balaban J connectivity index is 2.13. The number of nitrogens with zero attached hydrogens (tertiary/aromatic N) is 4. The van der Waals surface area contributed by atoms with Crippen LogP contribution in [0.3, 0.4) is 0 Å². The molecule has 1 aliphatic rings. The highest BCUT2D eigenvalue weighted by Gasteiger charge is 2.36. The van der Waals surface area contributed by atoms with Crippen molar-refractivity contribution in [3.05, 3.63) is 18.0 Å². The Bertz CT molecular complexity index is 626. The van der Waals surface area contributed by atoms with Crippen molar-refractivity contribution in [3.63, 3.8) is 0 Å². The minimum absolute atomic E-state index is 0.139. The van der Waals surface area contributed by atoms with E-state index in [1.165, 1.54) is 0 Å². The van der Waals surface area contributed by atoms with Crippen LogP contribution in [0.1, 0.15) is 40.2 Å². The van der Waals surface area contributed by atoms with Crippen LogP contribution in [0, 0.1) is 5.92 Å². The second-order valence-electron chi connectivity index (χ2n) is 7.70. The van der Waals surface area contributed by atoms with Crippen LogP contribution in [-0.2, 0) is 10.9 Å². The van der Waals surface area contributed by atoms with Gasteiger partial charge in [-0.2, -0.15) is 13.2 Å². The smallest absolute Gasteiger partial charge is 0.419 e. The third-order valence-electron chi connectivity index (χ3n) is 4.06. The van der Waals surface area contributed by atoms with Crippen molar-refractivity contribution in [3.8, 4) is 0 Å². The number of amides is 1. The predicted molar refractivity (Wildman–Crippen MR) is 90.8 cm³/mol. The number of piperazine rings is 1. The molecule has 1 aliphatic heterocycles. The fourth-order valence-electron chi connectivity index (χ4n) is 2.74. The van der Waals surface area contributed by atoms with Crippen LogP contribution in [0.15, 0.2) is 12.4 Å². The van der Waals surface area contributed by atoms with E-state index in [0.717, 1.165) is 12.4 Å². The summed E-state index contributed by atoms with van der Waals surface area (Å²) in [4.78, 5) is 23.6. The van der Waals surface area contributed by atoms with Gasteiger partial charge in [-0.05, 0) is 26.7 Å². The molecule has 9 heteroatoms. The Kier molecular flexibility index (Phi) is 5.67. The highest BCUT2D eigenvalue weighted by atomic mass is 19.4. The van der Waals surface area contributed by atoms with Crippen LogP contribution in [0.2, 0.25) is 0 Å². The summed E-state index contributed by atoms with van der Waals surface area (Å²) in [6.07, 6.45) is -3.28. The fraction of sp³-hybridized carbons (Fsp3) is 0.706. The summed E-state index contributed by atoms with van der Waals surface area (Å²) in [6.45, 7) is 10.6. The molecule has 1 aromatic rings. The van der Waals surface area contributed by atoms with Crippen molar-refractivity contribution in [2.75, 3.05) is 24.5 Å². The molecule has 26 heavy (non-hydrogen) atoms. The second-order valence-corrected chi connectivity index (χ2v) is 7.70. The third-order valence-corrected chi connectivity index (χ3v) is 4.06. The number of ether oxygens (including phenoxy) is 1. The molecule has 1 aromatic heterocycles. The predicted octanol–water partition coefficient (Wildman–Crippen LogP) is 3.58. The van der Waals surface area contributed by atoms with Gasteiger partial charge in [-0.15, -0.1) is 0 Å². The molecular formula is C17H25F3N4O2. The number of hydrogen-bond donors (Lipinski definition) is 0. The summed E-state index contributed by atoms with van der Waals surface area (Å²) >= 11 is 0. The number of anilines is 1. The fourth-order valence-corrected chi connectivity index (χ4v) is 2.74. The van der Waals surface area contributed by atoms with Crippen molar-refractivity contribution in [2.45, 2.75) is 52.4 Å². The number of alkyl halides is 3. The summed E-state index contributed by atoms with van der Waals surface area (Å²) in [5.41, 5.74) is -1.47. The average Bonchev–Trinajstić information content (AvgIpc) is 2.52. The van der Waals surface area contributed by atoms with Gasteiger partial charge >= 0.3 is 12.3 Å². The quantitative estimate of drug-likeness (QED) is 0.792. The maximum Gasteiger partial charge on any atom is 0.419 e. The normalized spacial score (nSPS) is 19.0. The van der Waals surface area contributed by atoms with E-state index >= 15 is 0 Å². The maximum atomic E-state index is 12.7. The molecule has 0 spiro atoms. The van der Waals surface area contributed by atoms with Crippen molar-refractivity contribution in [2.24, 2.45) is 5.92 Å². The van der Waals surface area contributed by atoms with Gasteiger partial charge in [0, 0.05) is 32.0 Å². The SMILES string of the molecule is CC(C)[C@H]1CN(c2ncc(C(F)(F)F)cn2)CCN1C(=O)OC(C)(C)C. The number of carbonyl (C=O) groups excluding carboxylic acids is 1. The molecule has 146 valence electrons. The van der Waals surface area contributed by atoms with E-state index in [-0.39, 0.29) is 24.0 Å². The lowest BCUT2D eigenvalue weighted by molar-refractivity contribution is -0.138. The van der Waals surface area contributed by atoms with Gasteiger partial charge in [-0.1, -0.05) is 13.8 Å². The minimum Gasteiger partial charge on any atom is -0.444 e. The lowest BCUT2D eigenvalue weighted by Gasteiger charge is -2.43. The molecule has 0 bridgehead atoms. The standard InChI is InChI=1S/C17H25F3N4O2/c1-11(2)13-10-23(6-7-24(13)15(25)26-16(3,4)5)14-21-8-12(9-22-14)17(18,19)20/h8-9,11,13H,6-7,10H2,1-5H3/t13-/m1/s1. The third kappa shape index (κ3) is 4.98. The van der Waals surface area contributed by atoms with Gasteiger partial charge in [0.05, 0.1) is 11.6 Å². The summed E-state index contributed by atoms with van der Waals surface area (Å²) in [6, 6.07) is -0.149. The van der Waals surface area contributed by atoms with Gasteiger partial charge in [0.1, 0.15) is 5.60 Å². The molecule has 0 radical (unpaired) electrons. The molecule has 0 aromatic carbocycles. The first kappa shape index (κ1) is 20.3. The van der Waals surface area contributed by atoms with E-state index in [1.807, 2.05) is 34.6 Å². The average molecular weight is 374 g/mol. The minimum atomic E-state index is -4.46. The van der Waals surface area contributed by atoms with Crippen LogP contribution in [0.25, 0.3) is 0 Å². The van der Waals surface area contributed by atoms with Crippen LogP contribution in [0.5, 0.6) is 0 Å². The van der Waals surface area contributed by atoms with E-state index in [0.29, 0.717) is 19.6 Å². The van der Waals surface area contributed by atoms with Crippen LogP contribution >= 0.6 is 0 Å². The summed E-state index contributed by atoms with van der Waals surface area (Å²) in [5, 5.41) is 0. The van der Waals surface area contributed by atoms with E-state index in [2.05, 4.69) is 9.97 Å². The summed E-state index contributed by atoms with van der Waals surface area (Å²) in [5.74, 6) is 0.368. The number of rotatable bonds is 2.